The average molecular weight is 312 g/mol. The minimum absolute atomic E-state index is 0.0180. The number of nitrogen functional groups attached to an aromatic ring is 1. The molecule has 5 nitrogen and oxygen atoms in total. The molecule has 0 radical (unpaired) electrons. The van der Waals surface area contributed by atoms with Gasteiger partial charge < -0.3 is 11.5 Å². The predicted molar refractivity (Wildman–Crippen MR) is 74.3 cm³/mol. The minimum Gasteiger partial charge on any atom is -0.396 e. The number of sulfonamides is 1. The van der Waals surface area contributed by atoms with Crippen molar-refractivity contribution < 1.29 is 8.42 Å². The topological polar surface area (TPSA) is 98.2 Å². The predicted octanol–water partition coefficient (Wildman–Crippen LogP) is 1.59. The van der Waals surface area contributed by atoms with Crippen molar-refractivity contribution in [3.63, 3.8) is 0 Å². The van der Waals surface area contributed by atoms with Crippen molar-refractivity contribution in [2.45, 2.75) is 24.3 Å². The zero-order valence-electron chi connectivity index (χ0n) is 9.78. The van der Waals surface area contributed by atoms with Gasteiger partial charge in [-0.2, -0.15) is 0 Å². The third-order valence-corrected chi connectivity index (χ3v) is 4.51. The molecule has 18 heavy (non-hydrogen) atoms. The summed E-state index contributed by atoms with van der Waals surface area (Å²) in [5, 5.41) is 0.212. The van der Waals surface area contributed by atoms with Crippen LogP contribution in [0.15, 0.2) is 17.0 Å². The van der Waals surface area contributed by atoms with E-state index in [1.54, 1.807) is 6.92 Å². The normalized spacial score (nSPS) is 13.6. The summed E-state index contributed by atoms with van der Waals surface area (Å²) in [6.07, 6.45) is 0.537. The number of anilines is 1. The first-order valence-corrected chi connectivity index (χ1v) is 7.48. The van der Waals surface area contributed by atoms with E-state index < -0.39 is 10.0 Å². The van der Waals surface area contributed by atoms with Crippen LogP contribution in [0.2, 0.25) is 10.0 Å². The van der Waals surface area contributed by atoms with Gasteiger partial charge in [0.2, 0.25) is 10.0 Å². The molecular formula is C10H15Cl2N3O2S. The molecule has 0 spiro atoms. The molecule has 0 saturated carbocycles. The van der Waals surface area contributed by atoms with Gasteiger partial charge in [0.1, 0.15) is 0 Å². The van der Waals surface area contributed by atoms with Crippen molar-refractivity contribution in [2.75, 3.05) is 12.3 Å². The summed E-state index contributed by atoms with van der Waals surface area (Å²) >= 11 is 11.6. The molecule has 0 fully saturated rings. The third-order valence-electron chi connectivity index (χ3n) is 2.32. The lowest BCUT2D eigenvalue weighted by atomic mass is 10.3. The SMILES string of the molecule is CC(CCN)NS(=O)(=O)c1cc(Cl)c(N)c(Cl)c1. The fraction of sp³-hybridized carbons (Fsp3) is 0.400. The zero-order valence-corrected chi connectivity index (χ0v) is 12.1. The maximum atomic E-state index is 12.0. The summed E-state index contributed by atoms with van der Waals surface area (Å²) in [7, 11) is -3.67. The highest BCUT2D eigenvalue weighted by Gasteiger charge is 2.19. The van der Waals surface area contributed by atoms with Crippen LogP contribution in [0.4, 0.5) is 5.69 Å². The molecule has 0 saturated heterocycles. The average Bonchev–Trinajstić information content (AvgIpc) is 2.24. The first kappa shape index (κ1) is 15.5. The van der Waals surface area contributed by atoms with Gasteiger partial charge in [0.15, 0.2) is 0 Å². The summed E-state index contributed by atoms with van der Waals surface area (Å²) in [6.45, 7) is 2.12. The van der Waals surface area contributed by atoms with Crippen molar-refractivity contribution >= 4 is 38.9 Å². The molecule has 0 aromatic heterocycles. The Labute approximate surface area is 116 Å². The molecule has 1 unspecified atom stereocenters. The highest BCUT2D eigenvalue weighted by Crippen LogP contribution is 2.30. The first-order chi connectivity index (χ1) is 8.27. The van der Waals surface area contributed by atoms with Crippen molar-refractivity contribution in [1.82, 2.24) is 4.72 Å². The van der Waals surface area contributed by atoms with E-state index in [4.69, 9.17) is 34.7 Å². The number of benzene rings is 1. The van der Waals surface area contributed by atoms with Crippen molar-refractivity contribution in [3.05, 3.63) is 22.2 Å². The van der Waals surface area contributed by atoms with Crippen molar-refractivity contribution in [1.29, 1.82) is 0 Å². The molecule has 0 bridgehead atoms. The van der Waals surface area contributed by atoms with Crippen LogP contribution in [0.5, 0.6) is 0 Å². The van der Waals surface area contributed by atoms with Crippen LogP contribution in [0, 0.1) is 0 Å². The lowest BCUT2D eigenvalue weighted by Crippen LogP contribution is -2.34. The van der Waals surface area contributed by atoms with E-state index in [2.05, 4.69) is 4.72 Å². The standard InChI is InChI=1S/C10H15Cl2N3O2S/c1-6(2-3-13)15-18(16,17)7-4-8(11)10(14)9(12)5-7/h4-6,15H,2-3,13-14H2,1H3. The molecule has 8 heteroatoms. The zero-order chi connectivity index (χ0) is 13.9. The smallest absolute Gasteiger partial charge is 0.240 e. The van der Waals surface area contributed by atoms with Crippen LogP contribution >= 0.6 is 23.2 Å². The number of hydrogen-bond donors (Lipinski definition) is 3. The van der Waals surface area contributed by atoms with Crippen LogP contribution in [0.1, 0.15) is 13.3 Å². The van der Waals surface area contributed by atoms with Gasteiger partial charge in [-0.1, -0.05) is 23.2 Å². The van der Waals surface area contributed by atoms with Crippen molar-refractivity contribution in [3.8, 4) is 0 Å². The van der Waals surface area contributed by atoms with Crippen LogP contribution in [-0.4, -0.2) is 21.0 Å². The van der Waals surface area contributed by atoms with Crippen LogP contribution in [-0.2, 0) is 10.0 Å². The molecular weight excluding hydrogens is 297 g/mol. The molecule has 0 aliphatic rings. The second-order valence-electron chi connectivity index (χ2n) is 3.90. The Hall–Kier alpha value is -0.530. The van der Waals surface area contributed by atoms with Crippen LogP contribution < -0.4 is 16.2 Å². The Morgan fingerprint density at radius 3 is 2.28 bits per heavy atom. The molecule has 102 valence electrons. The Balaban J connectivity index is 3.06. The molecule has 0 heterocycles. The van der Waals surface area contributed by atoms with Crippen molar-refractivity contribution in [2.24, 2.45) is 5.73 Å². The van der Waals surface area contributed by atoms with E-state index >= 15 is 0 Å². The van der Waals surface area contributed by atoms with Gasteiger partial charge >= 0.3 is 0 Å². The Morgan fingerprint density at radius 1 is 1.33 bits per heavy atom. The fourth-order valence-corrected chi connectivity index (χ4v) is 3.30. The number of hydrogen-bond acceptors (Lipinski definition) is 4. The second kappa shape index (κ2) is 6.08. The Bertz CT molecular complexity index is 511. The van der Waals surface area contributed by atoms with E-state index in [1.807, 2.05) is 0 Å². The summed E-state index contributed by atoms with van der Waals surface area (Å²) in [6, 6.07) is 2.26. The monoisotopic (exact) mass is 311 g/mol. The molecule has 1 aromatic rings. The number of rotatable bonds is 5. The van der Waals surface area contributed by atoms with Crippen LogP contribution in [0.3, 0.4) is 0 Å². The van der Waals surface area contributed by atoms with Gasteiger partial charge in [0.25, 0.3) is 0 Å². The van der Waals surface area contributed by atoms with E-state index in [-0.39, 0.29) is 26.7 Å². The molecule has 0 aliphatic heterocycles. The maximum Gasteiger partial charge on any atom is 0.240 e. The van der Waals surface area contributed by atoms with E-state index in [1.165, 1.54) is 12.1 Å². The lowest BCUT2D eigenvalue weighted by Gasteiger charge is -2.14. The Kier molecular flexibility index (Phi) is 5.24. The van der Waals surface area contributed by atoms with Gasteiger partial charge in [0.05, 0.1) is 20.6 Å². The summed E-state index contributed by atoms with van der Waals surface area (Å²) in [4.78, 5) is -0.0180. The first-order valence-electron chi connectivity index (χ1n) is 5.25. The number of halogens is 2. The number of nitrogens with two attached hydrogens (primary N) is 2. The molecule has 0 amide bonds. The van der Waals surface area contributed by atoms with E-state index in [0.717, 1.165) is 0 Å². The highest BCUT2D eigenvalue weighted by molar-refractivity contribution is 7.89. The van der Waals surface area contributed by atoms with E-state index in [0.29, 0.717) is 13.0 Å². The molecule has 0 aliphatic carbocycles. The molecule has 5 N–H and O–H groups in total. The second-order valence-corrected chi connectivity index (χ2v) is 6.43. The molecule has 1 atom stereocenters. The summed E-state index contributed by atoms with van der Waals surface area (Å²) in [5.74, 6) is 0. The Morgan fingerprint density at radius 2 is 1.83 bits per heavy atom. The number of nitrogens with one attached hydrogen (secondary N) is 1. The third kappa shape index (κ3) is 3.73. The lowest BCUT2D eigenvalue weighted by molar-refractivity contribution is 0.550. The van der Waals surface area contributed by atoms with Gasteiger partial charge in [0, 0.05) is 6.04 Å². The van der Waals surface area contributed by atoms with Gasteiger partial charge in [-0.3, -0.25) is 0 Å². The molecule has 1 rings (SSSR count). The quantitative estimate of drug-likeness (QED) is 0.719. The minimum atomic E-state index is -3.67. The molecule has 1 aromatic carbocycles. The van der Waals surface area contributed by atoms with Gasteiger partial charge in [-0.05, 0) is 32.0 Å². The summed E-state index contributed by atoms with van der Waals surface area (Å²) < 4.78 is 26.5. The maximum absolute atomic E-state index is 12.0. The van der Waals surface area contributed by atoms with Gasteiger partial charge in [-0.25, -0.2) is 13.1 Å². The highest BCUT2D eigenvalue weighted by atomic mass is 35.5. The largest absolute Gasteiger partial charge is 0.396 e. The fourth-order valence-electron chi connectivity index (χ4n) is 1.36. The van der Waals surface area contributed by atoms with E-state index in [9.17, 15) is 8.42 Å². The van der Waals surface area contributed by atoms with Gasteiger partial charge in [-0.15, -0.1) is 0 Å². The summed E-state index contributed by atoms with van der Waals surface area (Å²) in [5.41, 5.74) is 11.1. The van der Waals surface area contributed by atoms with Crippen LogP contribution in [0.25, 0.3) is 0 Å².